The van der Waals surface area contributed by atoms with Gasteiger partial charge in [-0.1, -0.05) is 6.92 Å². The molecule has 0 aromatic carbocycles. The summed E-state index contributed by atoms with van der Waals surface area (Å²) in [5.41, 5.74) is 5.81. The van der Waals surface area contributed by atoms with Gasteiger partial charge in [-0.25, -0.2) is 0 Å². The van der Waals surface area contributed by atoms with E-state index in [2.05, 4.69) is 30.8 Å². The third-order valence-corrected chi connectivity index (χ3v) is 3.15. The maximum Gasteiger partial charge on any atom is 0.223 e. The normalized spacial score (nSPS) is 13.1. The number of hydrogen-bond acceptors (Lipinski definition) is 4. The smallest absolute Gasteiger partial charge is 0.223 e. The van der Waals surface area contributed by atoms with E-state index >= 15 is 0 Å². The second kappa shape index (κ2) is 9.30. The van der Waals surface area contributed by atoms with E-state index in [0.717, 1.165) is 26.1 Å². The standard InChI is InChI=1S/C13H30N4O/c1-6-17(9-7-8-15(2)3)12(11-14)10-13(18)16(4)5/h12H,6-11,14H2,1-5H3. The molecule has 0 spiro atoms. The predicted octanol–water partition coefficient (Wildman–Crippen LogP) is 0.0656. The Labute approximate surface area is 112 Å². The van der Waals surface area contributed by atoms with Crippen molar-refractivity contribution in [1.29, 1.82) is 0 Å². The van der Waals surface area contributed by atoms with Crippen LogP contribution in [0.2, 0.25) is 0 Å². The van der Waals surface area contributed by atoms with Crippen LogP contribution in [-0.4, -0.2) is 81.0 Å². The van der Waals surface area contributed by atoms with Crippen LogP contribution >= 0.6 is 0 Å². The molecule has 18 heavy (non-hydrogen) atoms. The number of nitrogens with two attached hydrogens (primary N) is 1. The van der Waals surface area contributed by atoms with Gasteiger partial charge in [0, 0.05) is 33.1 Å². The minimum Gasteiger partial charge on any atom is -0.349 e. The fourth-order valence-electron chi connectivity index (χ4n) is 1.93. The number of hydrogen-bond donors (Lipinski definition) is 1. The number of rotatable bonds is 9. The van der Waals surface area contributed by atoms with Gasteiger partial charge in [-0.2, -0.15) is 0 Å². The fraction of sp³-hybridized carbons (Fsp3) is 0.923. The molecule has 0 saturated heterocycles. The Morgan fingerprint density at radius 2 is 1.78 bits per heavy atom. The van der Waals surface area contributed by atoms with E-state index in [-0.39, 0.29) is 11.9 Å². The number of likely N-dealkylation sites (N-methyl/N-ethyl adjacent to an activating group) is 1. The quantitative estimate of drug-likeness (QED) is 0.636. The Morgan fingerprint density at radius 1 is 1.17 bits per heavy atom. The maximum absolute atomic E-state index is 11.8. The first kappa shape index (κ1) is 17.4. The van der Waals surface area contributed by atoms with Gasteiger partial charge in [0.05, 0.1) is 0 Å². The summed E-state index contributed by atoms with van der Waals surface area (Å²) in [6.45, 7) is 5.66. The molecule has 0 rings (SSSR count). The SMILES string of the molecule is CCN(CCCN(C)C)C(CN)CC(=O)N(C)C. The first-order valence-electron chi connectivity index (χ1n) is 6.71. The Hall–Kier alpha value is -0.650. The van der Waals surface area contributed by atoms with Crippen LogP contribution in [0.5, 0.6) is 0 Å². The molecule has 0 radical (unpaired) electrons. The van der Waals surface area contributed by atoms with Crippen LogP contribution in [0.15, 0.2) is 0 Å². The average molecular weight is 258 g/mol. The number of amides is 1. The van der Waals surface area contributed by atoms with E-state index in [1.807, 2.05) is 0 Å². The molecule has 1 atom stereocenters. The summed E-state index contributed by atoms with van der Waals surface area (Å²) in [7, 11) is 7.73. The van der Waals surface area contributed by atoms with Gasteiger partial charge in [-0.15, -0.1) is 0 Å². The van der Waals surface area contributed by atoms with Crippen molar-refractivity contribution in [2.75, 3.05) is 54.4 Å². The molecule has 1 amide bonds. The molecular formula is C13H30N4O. The van der Waals surface area contributed by atoms with Crippen LogP contribution in [0.1, 0.15) is 19.8 Å². The summed E-state index contributed by atoms with van der Waals surface area (Å²) in [6.07, 6.45) is 1.62. The fourth-order valence-corrected chi connectivity index (χ4v) is 1.93. The summed E-state index contributed by atoms with van der Waals surface area (Å²) < 4.78 is 0. The molecule has 5 nitrogen and oxygen atoms in total. The van der Waals surface area contributed by atoms with Gasteiger partial charge >= 0.3 is 0 Å². The lowest BCUT2D eigenvalue weighted by Crippen LogP contribution is -2.44. The van der Waals surface area contributed by atoms with Crippen LogP contribution in [0.3, 0.4) is 0 Å². The Balaban J connectivity index is 4.25. The second-order valence-electron chi connectivity index (χ2n) is 5.17. The van der Waals surface area contributed by atoms with E-state index in [1.165, 1.54) is 0 Å². The van der Waals surface area contributed by atoms with Crippen LogP contribution in [-0.2, 0) is 4.79 Å². The molecule has 0 aliphatic rings. The number of carbonyl (C=O) groups is 1. The zero-order valence-corrected chi connectivity index (χ0v) is 12.6. The van der Waals surface area contributed by atoms with Gasteiger partial charge in [-0.05, 0) is 40.2 Å². The van der Waals surface area contributed by atoms with Crippen LogP contribution in [0, 0.1) is 0 Å². The maximum atomic E-state index is 11.8. The Bertz CT molecular complexity index is 231. The van der Waals surface area contributed by atoms with Crippen LogP contribution < -0.4 is 5.73 Å². The van der Waals surface area contributed by atoms with Crippen molar-refractivity contribution in [3.05, 3.63) is 0 Å². The van der Waals surface area contributed by atoms with Gasteiger partial charge in [0.25, 0.3) is 0 Å². The molecule has 1 unspecified atom stereocenters. The predicted molar refractivity (Wildman–Crippen MR) is 76.6 cm³/mol. The van der Waals surface area contributed by atoms with Crippen molar-refractivity contribution >= 4 is 5.91 Å². The Kier molecular flexibility index (Phi) is 8.97. The lowest BCUT2D eigenvalue weighted by Gasteiger charge is -2.30. The highest BCUT2D eigenvalue weighted by Crippen LogP contribution is 2.06. The van der Waals surface area contributed by atoms with Crippen molar-refractivity contribution in [2.45, 2.75) is 25.8 Å². The minimum absolute atomic E-state index is 0.150. The Morgan fingerprint density at radius 3 is 2.17 bits per heavy atom. The first-order valence-corrected chi connectivity index (χ1v) is 6.71. The highest BCUT2D eigenvalue weighted by Gasteiger charge is 2.19. The molecule has 0 aliphatic heterocycles. The van der Waals surface area contributed by atoms with E-state index in [1.54, 1.807) is 19.0 Å². The topological polar surface area (TPSA) is 52.8 Å². The van der Waals surface area contributed by atoms with E-state index < -0.39 is 0 Å². The average Bonchev–Trinajstić information content (AvgIpc) is 2.31. The van der Waals surface area contributed by atoms with Gasteiger partial charge in [-0.3, -0.25) is 9.69 Å². The molecule has 2 N–H and O–H groups in total. The molecule has 0 fully saturated rings. The number of nitrogens with zero attached hydrogens (tertiary/aromatic N) is 3. The monoisotopic (exact) mass is 258 g/mol. The van der Waals surface area contributed by atoms with Gasteiger partial charge < -0.3 is 15.5 Å². The first-order chi connectivity index (χ1) is 8.42. The molecule has 0 aromatic rings. The highest BCUT2D eigenvalue weighted by atomic mass is 16.2. The molecule has 108 valence electrons. The largest absolute Gasteiger partial charge is 0.349 e. The second-order valence-corrected chi connectivity index (χ2v) is 5.17. The van der Waals surface area contributed by atoms with Crippen molar-refractivity contribution in [2.24, 2.45) is 5.73 Å². The summed E-state index contributed by atoms with van der Waals surface area (Å²) >= 11 is 0. The molecule has 0 heterocycles. The third-order valence-electron chi connectivity index (χ3n) is 3.15. The van der Waals surface area contributed by atoms with Gasteiger partial charge in [0.1, 0.15) is 0 Å². The number of carbonyl (C=O) groups excluding carboxylic acids is 1. The summed E-state index contributed by atoms with van der Waals surface area (Å²) in [5, 5.41) is 0. The van der Waals surface area contributed by atoms with E-state index in [4.69, 9.17) is 5.73 Å². The zero-order chi connectivity index (χ0) is 14.1. The van der Waals surface area contributed by atoms with E-state index in [9.17, 15) is 4.79 Å². The molecule has 0 saturated carbocycles. The molecule has 0 aliphatic carbocycles. The van der Waals surface area contributed by atoms with E-state index in [0.29, 0.717) is 13.0 Å². The van der Waals surface area contributed by atoms with Gasteiger partial charge in [0.15, 0.2) is 0 Å². The van der Waals surface area contributed by atoms with Gasteiger partial charge in [0.2, 0.25) is 5.91 Å². The lowest BCUT2D eigenvalue weighted by molar-refractivity contribution is -0.129. The lowest BCUT2D eigenvalue weighted by atomic mass is 10.1. The molecule has 5 heteroatoms. The summed E-state index contributed by atoms with van der Waals surface area (Å²) in [4.78, 5) is 17.9. The van der Waals surface area contributed by atoms with Crippen molar-refractivity contribution in [3.8, 4) is 0 Å². The summed E-state index contributed by atoms with van der Waals surface area (Å²) in [6, 6.07) is 0.159. The van der Waals surface area contributed by atoms with Crippen molar-refractivity contribution < 1.29 is 4.79 Å². The zero-order valence-electron chi connectivity index (χ0n) is 12.6. The highest BCUT2D eigenvalue weighted by molar-refractivity contribution is 5.76. The molecule has 0 bridgehead atoms. The third kappa shape index (κ3) is 6.93. The van der Waals surface area contributed by atoms with Crippen molar-refractivity contribution in [3.63, 3.8) is 0 Å². The molecular weight excluding hydrogens is 228 g/mol. The van der Waals surface area contributed by atoms with Crippen molar-refractivity contribution in [1.82, 2.24) is 14.7 Å². The van der Waals surface area contributed by atoms with Crippen LogP contribution in [0.25, 0.3) is 0 Å². The molecule has 0 aromatic heterocycles. The minimum atomic E-state index is 0.150. The van der Waals surface area contributed by atoms with Crippen LogP contribution in [0.4, 0.5) is 0 Å². The summed E-state index contributed by atoms with van der Waals surface area (Å²) in [5.74, 6) is 0.150.